The van der Waals surface area contributed by atoms with Gasteiger partial charge < -0.3 is 4.57 Å². The Kier molecular flexibility index (Phi) is 5.74. The lowest BCUT2D eigenvalue weighted by molar-refractivity contribution is -0.123. The molecule has 0 unspecified atom stereocenters. The van der Waals surface area contributed by atoms with Gasteiger partial charge in [-0.05, 0) is 59.3 Å². The summed E-state index contributed by atoms with van der Waals surface area (Å²) in [6.45, 7) is 0.703. The van der Waals surface area contributed by atoms with Gasteiger partial charge in [-0.15, -0.1) is 0 Å². The highest BCUT2D eigenvalue weighted by Crippen LogP contribution is 2.35. The lowest BCUT2D eigenvalue weighted by Gasteiger charge is -2.12. The fourth-order valence-electron chi connectivity index (χ4n) is 3.95. The van der Waals surface area contributed by atoms with Gasteiger partial charge in [0.1, 0.15) is 5.82 Å². The second-order valence-electron chi connectivity index (χ2n) is 7.93. The maximum atomic E-state index is 13.2. The second-order valence-corrected chi connectivity index (χ2v) is 8.93. The number of para-hydroxylation sites is 1. The van der Waals surface area contributed by atoms with Gasteiger partial charge in [-0.3, -0.25) is 14.5 Å². The predicted molar refractivity (Wildman–Crippen MR) is 130 cm³/mol. The Hall–Kier alpha value is -4.15. The van der Waals surface area contributed by atoms with Crippen molar-refractivity contribution in [3.8, 4) is 6.07 Å². The standard InChI is InChI=1S/C27H18FN3O2S/c28-22-11-9-20(10-12-22)16-31-26(32)25(34-27(31)33)13-21-17-30(24-4-2-1-3-23(21)24)15-19-7-5-18(14-29)6-8-19/h1-13,17H,15-16H2/b25-13-. The van der Waals surface area contributed by atoms with Crippen molar-refractivity contribution in [2.24, 2.45) is 0 Å². The predicted octanol–water partition coefficient (Wildman–Crippen LogP) is 5.94. The van der Waals surface area contributed by atoms with Crippen molar-refractivity contribution in [3.05, 3.63) is 112 Å². The van der Waals surface area contributed by atoms with Crippen LogP contribution in [0.3, 0.4) is 0 Å². The van der Waals surface area contributed by atoms with Gasteiger partial charge >= 0.3 is 0 Å². The lowest BCUT2D eigenvalue weighted by atomic mass is 10.1. The zero-order chi connectivity index (χ0) is 23.7. The largest absolute Gasteiger partial charge is 0.342 e. The van der Waals surface area contributed by atoms with Crippen molar-refractivity contribution in [2.45, 2.75) is 13.1 Å². The molecule has 5 rings (SSSR count). The average molecular weight is 468 g/mol. The minimum absolute atomic E-state index is 0.0999. The highest BCUT2D eigenvalue weighted by Gasteiger charge is 2.35. The van der Waals surface area contributed by atoms with E-state index >= 15 is 0 Å². The highest BCUT2D eigenvalue weighted by molar-refractivity contribution is 8.18. The van der Waals surface area contributed by atoms with Crippen LogP contribution in [0.5, 0.6) is 0 Å². The van der Waals surface area contributed by atoms with Crippen molar-refractivity contribution in [3.63, 3.8) is 0 Å². The Labute approximate surface area is 199 Å². The zero-order valence-corrected chi connectivity index (χ0v) is 18.8. The van der Waals surface area contributed by atoms with Gasteiger partial charge in [0, 0.05) is 29.2 Å². The van der Waals surface area contributed by atoms with Crippen molar-refractivity contribution < 1.29 is 14.0 Å². The van der Waals surface area contributed by atoms with Crippen LogP contribution in [0.2, 0.25) is 0 Å². The molecule has 0 saturated carbocycles. The van der Waals surface area contributed by atoms with E-state index in [1.54, 1.807) is 30.3 Å². The normalized spacial score (nSPS) is 14.8. The summed E-state index contributed by atoms with van der Waals surface area (Å²) in [5.41, 5.74) is 4.19. The van der Waals surface area contributed by atoms with Crippen LogP contribution >= 0.6 is 11.8 Å². The smallest absolute Gasteiger partial charge is 0.293 e. The number of carbonyl (C=O) groups excluding carboxylic acids is 2. The van der Waals surface area contributed by atoms with Crippen molar-refractivity contribution >= 4 is 39.9 Å². The number of carbonyl (C=O) groups is 2. The lowest BCUT2D eigenvalue weighted by Crippen LogP contribution is -2.27. The third-order valence-electron chi connectivity index (χ3n) is 5.67. The van der Waals surface area contributed by atoms with Crippen LogP contribution in [-0.4, -0.2) is 20.6 Å². The summed E-state index contributed by atoms with van der Waals surface area (Å²) < 4.78 is 15.3. The summed E-state index contributed by atoms with van der Waals surface area (Å²) in [7, 11) is 0. The zero-order valence-electron chi connectivity index (χ0n) is 17.9. The highest BCUT2D eigenvalue weighted by atomic mass is 32.2. The molecule has 1 aliphatic heterocycles. The van der Waals surface area contributed by atoms with E-state index in [1.165, 1.54) is 17.0 Å². The quantitative estimate of drug-likeness (QED) is 0.341. The number of hydrogen-bond donors (Lipinski definition) is 0. The monoisotopic (exact) mass is 467 g/mol. The molecule has 1 saturated heterocycles. The summed E-state index contributed by atoms with van der Waals surface area (Å²) in [4.78, 5) is 27.1. The van der Waals surface area contributed by atoms with E-state index in [1.807, 2.05) is 42.6 Å². The van der Waals surface area contributed by atoms with Crippen LogP contribution in [0.15, 0.2) is 83.9 Å². The Morgan fingerprint density at radius 2 is 1.59 bits per heavy atom. The molecule has 3 aromatic carbocycles. The first-order valence-corrected chi connectivity index (χ1v) is 11.4. The van der Waals surface area contributed by atoms with Crippen LogP contribution in [0.4, 0.5) is 9.18 Å². The fourth-order valence-corrected chi connectivity index (χ4v) is 4.78. The Balaban J connectivity index is 1.44. The first kappa shape index (κ1) is 21.7. The van der Waals surface area contributed by atoms with Gasteiger partial charge in [0.25, 0.3) is 11.1 Å². The van der Waals surface area contributed by atoms with Crippen LogP contribution in [0.25, 0.3) is 17.0 Å². The number of nitriles is 1. The van der Waals surface area contributed by atoms with Crippen LogP contribution < -0.4 is 0 Å². The molecule has 0 spiro atoms. The molecule has 1 aliphatic rings. The summed E-state index contributed by atoms with van der Waals surface area (Å²) in [5.74, 6) is -0.724. The molecule has 34 heavy (non-hydrogen) atoms. The van der Waals surface area contributed by atoms with E-state index in [2.05, 4.69) is 10.6 Å². The first-order chi connectivity index (χ1) is 16.5. The SMILES string of the molecule is N#Cc1ccc(Cn2cc(/C=C3\SC(=O)N(Cc4ccc(F)cc4)C3=O)c3ccccc32)cc1. The number of fused-ring (bicyclic) bond motifs is 1. The van der Waals surface area contributed by atoms with E-state index < -0.39 is 0 Å². The van der Waals surface area contributed by atoms with Crippen molar-refractivity contribution in [1.29, 1.82) is 5.26 Å². The molecule has 166 valence electrons. The molecular weight excluding hydrogens is 449 g/mol. The molecule has 2 heterocycles. The van der Waals surface area contributed by atoms with Gasteiger partial charge in [0.15, 0.2) is 0 Å². The minimum atomic E-state index is -0.366. The molecule has 0 N–H and O–H groups in total. The number of nitrogens with zero attached hydrogens (tertiary/aromatic N) is 3. The van der Waals surface area contributed by atoms with Gasteiger partial charge in [0.2, 0.25) is 0 Å². The molecule has 0 bridgehead atoms. The van der Waals surface area contributed by atoms with Crippen molar-refractivity contribution in [1.82, 2.24) is 9.47 Å². The number of thioether (sulfide) groups is 1. The number of hydrogen-bond acceptors (Lipinski definition) is 4. The van der Waals surface area contributed by atoms with Gasteiger partial charge in [-0.25, -0.2) is 4.39 Å². The third-order valence-corrected chi connectivity index (χ3v) is 6.58. The summed E-state index contributed by atoms with van der Waals surface area (Å²) >= 11 is 0.909. The van der Waals surface area contributed by atoms with Crippen LogP contribution in [0, 0.1) is 17.1 Å². The van der Waals surface area contributed by atoms with E-state index in [0.29, 0.717) is 22.6 Å². The minimum Gasteiger partial charge on any atom is -0.342 e. The molecule has 7 heteroatoms. The van der Waals surface area contributed by atoms with Gasteiger partial charge in [-0.2, -0.15) is 5.26 Å². The number of benzene rings is 3. The molecule has 0 radical (unpaired) electrons. The second kappa shape index (κ2) is 9.00. The Bertz CT molecular complexity index is 1480. The molecule has 5 nitrogen and oxygen atoms in total. The van der Waals surface area contributed by atoms with Crippen LogP contribution in [-0.2, 0) is 17.9 Å². The number of halogens is 1. The summed E-state index contributed by atoms with van der Waals surface area (Å²) in [6, 6.07) is 23.2. The van der Waals surface area contributed by atoms with Gasteiger partial charge in [-0.1, -0.05) is 42.5 Å². The summed E-state index contributed by atoms with van der Waals surface area (Å²) in [6.07, 6.45) is 3.73. The Morgan fingerprint density at radius 1 is 0.912 bits per heavy atom. The number of rotatable bonds is 5. The number of aromatic nitrogens is 1. The van der Waals surface area contributed by atoms with E-state index in [-0.39, 0.29) is 23.5 Å². The Morgan fingerprint density at radius 3 is 2.32 bits per heavy atom. The molecular formula is C27H18FN3O2S. The first-order valence-electron chi connectivity index (χ1n) is 10.6. The molecule has 1 aromatic heterocycles. The fraction of sp³-hybridized carbons (Fsp3) is 0.0741. The van der Waals surface area contributed by atoms with Gasteiger partial charge in [0.05, 0.1) is 23.1 Å². The molecule has 4 aromatic rings. The van der Waals surface area contributed by atoms with Crippen molar-refractivity contribution in [2.75, 3.05) is 0 Å². The molecule has 0 aliphatic carbocycles. The molecule has 0 atom stereocenters. The van der Waals surface area contributed by atoms with E-state index in [9.17, 15) is 14.0 Å². The topological polar surface area (TPSA) is 66.1 Å². The molecule has 2 amide bonds. The maximum Gasteiger partial charge on any atom is 0.293 e. The van der Waals surface area contributed by atoms with E-state index in [0.717, 1.165) is 33.8 Å². The number of amides is 2. The third kappa shape index (κ3) is 4.24. The summed E-state index contributed by atoms with van der Waals surface area (Å²) in [5, 5.41) is 9.65. The number of imide groups is 1. The van der Waals surface area contributed by atoms with Crippen LogP contribution in [0.1, 0.15) is 22.3 Å². The van der Waals surface area contributed by atoms with E-state index in [4.69, 9.17) is 5.26 Å². The average Bonchev–Trinajstić information content (AvgIpc) is 3.33. The molecule has 1 fully saturated rings. The maximum absolute atomic E-state index is 13.2.